The van der Waals surface area contributed by atoms with Gasteiger partial charge >= 0.3 is 5.97 Å². The number of ether oxygens (including phenoxy) is 1. The second-order valence-corrected chi connectivity index (χ2v) is 8.71. The fourth-order valence-corrected chi connectivity index (χ4v) is 4.67. The number of aryl methyl sites for hydroxylation is 1. The number of carbonyl (C=O) groups is 2. The Kier molecular flexibility index (Phi) is 5.65. The van der Waals surface area contributed by atoms with Gasteiger partial charge in [0.1, 0.15) is 9.60 Å². The van der Waals surface area contributed by atoms with Crippen molar-refractivity contribution in [3.05, 3.63) is 30.8 Å². The van der Waals surface area contributed by atoms with Crippen LogP contribution in [0.15, 0.2) is 9.08 Å². The molecule has 134 valence electrons. The average Bonchev–Trinajstić information content (AvgIpc) is 3.07. The van der Waals surface area contributed by atoms with Crippen LogP contribution in [0.5, 0.6) is 0 Å². The molecule has 1 aliphatic rings. The number of carbonyl (C=O) groups excluding carboxylic acids is 2. The molecule has 0 radical (unpaired) electrons. The lowest BCUT2D eigenvalue weighted by Gasteiger charge is -2.14. The van der Waals surface area contributed by atoms with Crippen LogP contribution in [0.1, 0.15) is 58.0 Å². The van der Waals surface area contributed by atoms with E-state index in [-0.39, 0.29) is 23.7 Å². The molecule has 2 aromatic rings. The molecule has 0 bridgehead atoms. The van der Waals surface area contributed by atoms with Gasteiger partial charge in [0.15, 0.2) is 5.69 Å². The van der Waals surface area contributed by atoms with E-state index >= 15 is 0 Å². The standard InChI is InChI=1S/C16H17Br2N3O3S/c1-7(2)24-16(23)10-8-5-3-4-6-9(8)25-15(10)19-14(22)12-11(17)13(18)21-20-12/h7H,3-6H2,1-2H3,(H,19,22)(H,20,21). The number of aromatic nitrogens is 2. The number of nitrogens with one attached hydrogen (secondary N) is 2. The summed E-state index contributed by atoms with van der Waals surface area (Å²) < 4.78 is 6.52. The Morgan fingerprint density at radius 2 is 2.00 bits per heavy atom. The van der Waals surface area contributed by atoms with Crippen LogP contribution in [-0.2, 0) is 17.6 Å². The van der Waals surface area contributed by atoms with Crippen molar-refractivity contribution in [1.29, 1.82) is 0 Å². The molecule has 0 aromatic carbocycles. The molecule has 0 fully saturated rings. The van der Waals surface area contributed by atoms with Crippen LogP contribution in [0.4, 0.5) is 5.00 Å². The van der Waals surface area contributed by atoms with E-state index < -0.39 is 0 Å². The molecule has 2 N–H and O–H groups in total. The van der Waals surface area contributed by atoms with Crippen LogP contribution in [0.25, 0.3) is 0 Å². The third kappa shape index (κ3) is 3.83. The maximum absolute atomic E-state index is 12.6. The topological polar surface area (TPSA) is 84.1 Å². The summed E-state index contributed by atoms with van der Waals surface area (Å²) in [6.45, 7) is 3.63. The normalized spacial score (nSPS) is 13.6. The van der Waals surface area contributed by atoms with Gasteiger partial charge in [-0.3, -0.25) is 9.89 Å². The predicted octanol–water partition coefficient (Wildman–Crippen LogP) is 4.69. The van der Waals surface area contributed by atoms with Crippen molar-refractivity contribution >= 4 is 60.1 Å². The van der Waals surface area contributed by atoms with Crippen molar-refractivity contribution in [2.24, 2.45) is 0 Å². The van der Waals surface area contributed by atoms with E-state index in [1.807, 2.05) is 13.8 Å². The van der Waals surface area contributed by atoms with Gasteiger partial charge in [-0.15, -0.1) is 11.3 Å². The number of nitrogens with zero attached hydrogens (tertiary/aromatic N) is 1. The molecule has 0 aliphatic heterocycles. The Labute approximate surface area is 166 Å². The average molecular weight is 491 g/mol. The van der Waals surface area contributed by atoms with Gasteiger partial charge in [-0.1, -0.05) is 0 Å². The summed E-state index contributed by atoms with van der Waals surface area (Å²) >= 11 is 8.03. The number of esters is 1. The minimum Gasteiger partial charge on any atom is -0.459 e. The molecule has 2 aromatic heterocycles. The second-order valence-electron chi connectivity index (χ2n) is 6.02. The Hall–Kier alpha value is -1.19. The Bertz CT molecular complexity index is 829. The zero-order chi connectivity index (χ0) is 18.1. The zero-order valence-corrected chi connectivity index (χ0v) is 17.7. The van der Waals surface area contributed by atoms with E-state index in [2.05, 4.69) is 47.4 Å². The Morgan fingerprint density at radius 1 is 1.28 bits per heavy atom. The summed E-state index contributed by atoms with van der Waals surface area (Å²) in [5.41, 5.74) is 1.73. The van der Waals surface area contributed by atoms with Crippen LogP contribution in [0.3, 0.4) is 0 Å². The number of rotatable bonds is 4. The first-order valence-electron chi connectivity index (χ1n) is 7.94. The van der Waals surface area contributed by atoms with Gasteiger partial charge < -0.3 is 10.1 Å². The van der Waals surface area contributed by atoms with Gasteiger partial charge in [0, 0.05) is 4.88 Å². The molecule has 1 aliphatic carbocycles. The van der Waals surface area contributed by atoms with Crippen LogP contribution in [0, 0.1) is 0 Å². The molecule has 9 heteroatoms. The van der Waals surface area contributed by atoms with E-state index in [9.17, 15) is 9.59 Å². The first-order valence-corrected chi connectivity index (χ1v) is 10.3. The quantitative estimate of drug-likeness (QED) is 0.608. The number of hydrogen-bond acceptors (Lipinski definition) is 5. The largest absolute Gasteiger partial charge is 0.459 e. The molecule has 2 heterocycles. The van der Waals surface area contributed by atoms with E-state index in [1.165, 1.54) is 11.3 Å². The van der Waals surface area contributed by atoms with Crippen molar-refractivity contribution in [3.8, 4) is 0 Å². The molecular formula is C16H17Br2N3O3S. The fraction of sp³-hybridized carbons (Fsp3) is 0.438. The number of amides is 1. The van der Waals surface area contributed by atoms with Gasteiger partial charge in [0.05, 0.1) is 16.1 Å². The Balaban J connectivity index is 1.95. The van der Waals surface area contributed by atoms with Crippen LogP contribution >= 0.6 is 43.2 Å². The smallest absolute Gasteiger partial charge is 0.341 e. The number of anilines is 1. The highest BCUT2D eigenvalue weighted by Crippen LogP contribution is 2.39. The lowest BCUT2D eigenvalue weighted by molar-refractivity contribution is 0.0378. The van der Waals surface area contributed by atoms with E-state index in [4.69, 9.17) is 4.74 Å². The minimum absolute atomic E-state index is 0.216. The first-order chi connectivity index (χ1) is 11.9. The summed E-state index contributed by atoms with van der Waals surface area (Å²) in [5, 5.41) is 10.0. The summed E-state index contributed by atoms with van der Waals surface area (Å²) in [6, 6.07) is 0. The van der Waals surface area contributed by atoms with Gasteiger partial charge in [0.25, 0.3) is 5.91 Å². The highest BCUT2D eigenvalue weighted by Gasteiger charge is 2.29. The van der Waals surface area contributed by atoms with Crippen molar-refractivity contribution in [2.45, 2.75) is 45.6 Å². The SMILES string of the molecule is CC(C)OC(=O)c1c(NC(=O)c2n[nH]c(Br)c2Br)sc2c1CCCC2. The number of hydrogen-bond donors (Lipinski definition) is 2. The molecule has 3 rings (SSSR count). The molecule has 1 amide bonds. The van der Waals surface area contributed by atoms with Crippen molar-refractivity contribution < 1.29 is 14.3 Å². The summed E-state index contributed by atoms with van der Waals surface area (Å²) in [6.07, 6.45) is 3.68. The number of fused-ring (bicyclic) bond motifs is 1. The molecular weight excluding hydrogens is 474 g/mol. The lowest BCUT2D eigenvalue weighted by atomic mass is 9.95. The van der Waals surface area contributed by atoms with Crippen LogP contribution in [-0.4, -0.2) is 28.2 Å². The van der Waals surface area contributed by atoms with Gasteiger partial charge in [-0.2, -0.15) is 5.10 Å². The highest BCUT2D eigenvalue weighted by atomic mass is 79.9. The number of halogens is 2. The Morgan fingerprint density at radius 3 is 2.64 bits per heavy atom. The van der Waals surface area contributed by atoms with E-state index in [0.717, 1.165) is 36.1 Å². The lowest BCUT2D eigenvalue weighted by Crippen LogP contribution is -2.18. The summed E-state index contributed by atoms with van der Waals surface area (Å²) in [5.74, 6) is -0.766. The number of aromatic amines is 1. The van der Waals surface area contributed by atoms with E-state index in [0.29, 0.717) is 19.6 Å². The summed E-state index contributed by atoms with van der Waals surface area (Å²) in [4.78, 5) is 26.3. The molecule has 0 spiro atoms. The van der Waals surface area contributed by atoms with Crippen LogP contribution < -0.4 is 5.32 Å². The van der Waals surface area contributed by atoms with Crippen molar-refractivity contribution in [2.75, 3.05) is 5.32 Å². The maximum atomic E-state index is 12.6. The third-order valence-corrected chi connectivity index (χ3v) is 6.91. The monoisotopic (exact) mass is 489 g/mol. The molecule has 25 heavy (non-hydrogen) atoms. The van der Waals surface area contributed by atoms with E-state index in [1.54, 1.807) is 0 Å². The maximum Gasteiger partial charge on any atom is 0.341 e. The number of thiophene rings is 1. The first kappa shape index (κ1) is 18.6. The molecule has 0 atom stereocenters. The van der Waals surface area contributed by atoms with Gasteiger partial charge in [-0.05, 0) is 77.0 Å². The summed E-state index contributed by atoms with van der Waals surface area (Å²) in [7, 11) is 0. The fourth-order valence-electron chi connectivity index (χ4n) is 2.76. The second kappa shape index (κ2) is 7.59. The molecule has 0 saturated carbocycles. The van der Waals surface area contributed by atoms with Crippen molar-refractivity contribution in [3.63, 3.8) is 0 Å². The molecule has 0 unspecified atom stereocenters. The molecule has 6 nitrogen and oxygen atoms in total. The van der Waals surface area contributed by atoms with Gasteiger partial charge in [-0.25, -0.2) is 4.79 Å². The molecule has 0 saturated heterocycles. The van der Waals surface area contributed by atoms with Crippen LogP contribution in [0.2, 0.25) is 0 Å². The van der Waals surface area contributed by atoms with Gasteiger partial charge in [0.2, 0.25) is 0 Å². The zero-order valence-electron chi connectivity index (χ0n) is 13.7. The highest BCUT2D eigenvalue weighted by molar-refractivity contribution is 9.13. The third-order valence-electron chi connectivity index (χ3n) is 3.83. The minimum atomic E-state index is -0.383. The predicted molar refractivity (Wildman–Crippen MR) is 103 cm³/mol. The number of H-pyrrole nitrogens is 1. The van der Waals surface area contributed by atoms with Crippen molar-refractivity contribution in [1.82, 2.24) is 10.2 Å².